The summed E-state index contributed by atoms with van der Waals surface area (Å²) in [4.78, 5) is 32.6. The van der Waals surface area contributed by atoms with Crippen LogP contribution in [0.25, 0.3) is 0 Å². The lowest BCUT2D eigenvalue weighted by atomic mass is 10.1. The van der Waals surface area contributed by atoms with Crippen LogP contribution in [0.2, 0.25) is 0 Å². The zero-order valence-corrected chi connectivity index (χ0v) is 14.4. The summed E-state index contributed by atoms with van der Waals surface area (Å²) in [5.74, 6) is -3.14. The molecule has 7 nitrogen and oxygen atoms in total. The van der Waals surface area contributed by atoms with E-state index in [2.05, 4.69) is 19.1 Å². The molecule has 0 atom stereocenters. The summed E-state index contributed by atoms with van der Waals surface area (Å²) in [6.45, 7) is 3.30. The molecule has 0 saturated heterocycles. The number of unbranched alkanes of at least 4 members (excludes halogenated alkanes) is 2. The highest BCUT2D eigenvalue weighted by Gasteiger charge is 2.28. The van der Waals surface area contributed by atoms with Crippen LogP contribution in [0.3, 0.4) is 0 Å². The summed E-state index contributed by atoms with van der Waals surface area (Å²) in [7, 11) is 0. The van der Waals surface area contributed by atoms with Gasteiger partial charge in [0.25, 0.3) is 0 Å². The van der Waals surface area contributed by atoms with Gasteiger partial charge < -0.3 is 24.6 Å². The number of carbonyl (C=O) groups is 3. The van der Waals surface area contributed by atoms with Crippen LogP contribution in [-0.2, 0) is 14.4 Å². The van der Waals surface area contributed by atoms with E-state index >= 15 is 0 Å². The van der Waals surface area contributed by atoms with E-state index in [9.17, 15) is 19.5 Å². The molecule has 0 saturated carbocycles. The van der Waals surface area contributed by atoms with Crippen molar-refractivity contribution in [3.8, 4) is 0 Å². The first-order valence-electron chi connectivity index (χ1n) is 8.45. The number of carboxylic acids is 3. The van der Waals surface area contributed by atoms with Crippen molar-refractivity contribution >= 4 is 17.9 Å². The maximum absolute atomic E-state index is 10.9. The molecule has 0 heterocycles. The standard InChI is InChI=1S/C17H29NO6/c1-2-3-4-5-6-7-11-18(12-8-15(19)20,13-9-16(21)22)14-10-17(23)24/h4-5H,2-3,6-14H2,1H3,(H2-,19,20,21,22,23,24)/b5-4+. The van der Waals surface area contributed by atoms with Crippen LogP contribution >= 0.6 is 0 Å². The van der Waals surface area contributed by atoms with Crippen LogP contribution in [0, 0.1) is 0 Å². The lowest BCUT2D eigenvalue weighted by molar-refractivity contribution is -0.927. The Bertz CT molecular complexity index is 387. The van der Waals surface area contributed by atoms with Crippen LogP contribution in [0.1, 0.15) is 51.9 Å². The molecule has 0 unspecified atom stereocenters. The molecule has 2 N–H and O–H groups in total. The minimum Gasteiger partial charge on any atom is -0.550 e. The third-order valence-electron chi connectivity index (χ3n) is 4.02. The lowest BCUT2D eigenvalue weighted by Crippen LogP contribution is -2.52. The minimum absolute atomic E-state index is 0.113. The fraction of sp³-hybridized carbons (Fsp3) is 0.706. The van der Waals surface area contributed by atoms with Crippen molar-refractivity contribution in [1.29, 1.82) is 0 Å². The summed E-state index contributed by atoms with van der Waals surface area (Å²) >= 11 is 0. The molecule has 0 aliphatic heterocycles. The third-order valence-corrected chi connectivity index (χ3v) is 4.02. The molecule has 0 fully saturated rings. The van der Waals surface area contributed by atoms with Gasteiger partial charge in [0.15, 0.2) is 0 Å². The van der Waals surface area contributed by atoms with Gasteiger partial charge in [-0.3, -0.25) is 9.59 Å². The fourth-order valence-electron chi connectivity index (χ4n) is 2.61. The molecule has 24 heavy (non-hydrogen) atoms. The van der Waals surface area contributed by atoms with Gasteiger partial charge in [0.05, 0.1) is 39.0 Å². The summed E-state index contributed by atoms with van der Waals surface area (Å²) in [5, 5.41) is 28.7. The first-order chi connectivity index (χ1) is 11.3. The predicted octanol–water partition coefficient (Wildman–Crippen LogP) is 1.03. The Kier molecular flexibility index (Phi) is 11.5. The van der Waals surface area contributed by atoms with Crippen molar-refractivity contribution in [2.75, 3.05) is 26.2 Å². The van der Waals surface area contributed by atoms with Crippen molar-refractivity contribution in [2.24, 2.45) is 0 Å². The quantitative estimate of drug-likeness (QED) is 0.261. The van der Waals surface area contributed by atoms with Gasteiger partial charge in [0, 0.05) is 18.8 Å². The van der Waals surface area contributed by atoms with Crippen molar-refractivity contribution in [3.63, 3.8) is 0 Å². The number of quaternary nitrogens is 1. The molecule has 0 aliphatic rings. The van der Waals surface area contributed by atoms with Gasteiger partial charge >= 0.3 is 11.9 Å². The second-order valence-corrected chi connectivity index (χ2v) is 6.05. The largest absolute Gasteiger partial charge is 0.550 e. The second-order valence-electron chi connectivity index (χ2n) is 6.05. The number of aliphatic carboxylic acids is 3. The molecule has 0 aromatic carbocycles. The zero-order valence-electron chi connectivity index (χ0n) is 14.4. The van der Waals surface area contributed by atoms with E-state index < -0.39 is 17.9 Å². The van der Waals surface area contributed by atoms with Crippen LogP contribution < -0.4 is 5.11 Å². The zero-order chi connectivity index (χ0) is 18.4. The molecule has 138 valence electrons. The summed E-state index contributed by atoms with van der Waals surface area (Å²) < 4.78 is 0.189. The van der Waals surface area contributed by atoms with Crippen molar-refractivity contribution < 1.29 is 34.2 Å². The van der Waals surface area contributed by atoms with E-state index in [0.717, 1.165) is 25.7 Å². The predicted molar refractivity (Wildman–Crippen MR) is 87.1 cm³/mol. The molecule has 0 rings (SSSR count). The van der Waals surface area contributed by atoms with E-state index in [1.54, 1.807) is 0 Å². The summed E-state index contributed by atoms with van der Waals surface area (Å²) in [6, 6.07) is 0. The number of allylic oxidation sites excluding steroid dienone is 2. The molecule has 0 amide bonds. The van der Waals surface area contributed by atoms with E-state index in [-0.39, 0.29) is 43.4 Å². The smallest absolute Gasteiger partial charge is 0.309 e. The molecule has 0 radical (unpaired) electrons. The van der Waals surface area contributed by atoms with Crippen molar-refractivity contribution in [3.05, 3.63) is 12.2 Å². The van der Waals surface area contributed by atoms with E-state index in [1.165, 1.54) is 0 Å². The maximum Gasteiger partial charge on any atom is 0.309 e. The molecular formula is C17H29NO6. The number of carboxylic acid groups (broad SMARTS) is 3. The number of hydrogen-bond donors (Lipinski definition) is 2. The molecule has 0 bridgehead atoms. The first-order valence-corrected chi connectivity index (χ1v) is 8.45. The molecule has 7 heteroatoms. The Morgan fingerprint density at radius 2 is 1.38 bits per heavy atom. The number of rotatable bonds is 15. The van der Waals surface area contributed by atoms with E-state index in [1.807, 2.05) is 0 Å². The minimum atomic E-state index is -1.20. The van der Waals surface area contributed by atoms with Crippen LogP contribution in [0.5, 0.6) is 0 Å². The highest BCUT2D eigenvalue weighted by atomic mass is 16.4. The van der Waals surface area contributed by atoms with Gasteiger partial charge in [0.2, 0.25) is 0 Å². The molecule has 0 aliphatic carbocycles. The maximum atomic E-state index is 10.9. The van der Waals surface area contributed by atoms with Crippen LogP contribution in [-0.4, -0.2) is 58.8 Å². The van der Waals surface area contributed by atoms with Gasteiger partial charge in [-0.05, 0) is 12.8 Å². The number of hydrogen-bond acceptors (Lipinski definition) is 4. The van der Waals surface area contributed by atoms with Crippen molar-refractivity contribution in [1.82, 2.24) is 0 Å². The van der Waals surface area contributed by atoms with Crippen LogP contribution in [0.4, 0.5) is 0 Å². The molecule has 0 aromatic rings. The average Bonchev–Trinajstić information content (AvgIpc) is 2.51. The Morgan fingerprint density at radius 3 is 1.83 bits per heavy atom. The topological polar surface area (TPSA) is 115 Å². The van der Waals surface area contributed by atoms with E-state index in [4.69, 9.17) is 10.2 Å². The van der Waals surface area contributed by atoms with Crippen molar-refractivity contribution in [2.45, 2.75) is 51.9 Å². The SMILES string of the molecule is CCC/C=C/CCC[N+](CCC(=O)[O-])(CCC(=O)O)CCC(=O)O. The Hall–Kier alpha value is -1.89. The highest BCUT2D eigenvalue weighted by molar-refractivity contribution is 5.67. The molecule has 0 aromatic heterocycles. The highest BCUT2D eigenvalue weighted by Crippen LogP contribution is 2.15. The first kappa shape index (κ1) is 22.1. The molecular weight excluding hydrogens is 314 g/mol. The summed E-state index contributed by atoms with van der Waals surface area (Å²) in [5.41, 5.74) is 0. The number of nitrogens with zero attached hydrogens (tertiary/aromatic N) is 1. The van der Waals surface area contributed by atoms with Gasteiger partial charge in [-0.1, -0.05) is 25.5 Å². The second kappa shape index (κ2) is 12.5. The Balaban J connectivity index is 4.87. The van der Waals surface area contributed by atoms with Crippen LogP contribution in [0.15, 0.2) is 12.2 Å². The average molecular weight is 343 g/mol. The van der Waals surface area contributed by atoms with Gasteiger partial charge in [-0.2, -0.15) is 0 Å². The van der Waals surface area contributed by atoms with Gasteiger partial charge in [-0.25, -0.2) is 0 Å². The lowest BCUT2D eigenvalue weighted by Gasteiger charge is -2.38. The normalized spacial score (nSPS) is 11.7. The third kappa shape index (κ3) is 11.6. The summed E-state index contributed by atoms with van der Waals surface area (Å²) in [6.07, 6.45) is 7.36. The van der Waals surface area contributed by atoms with Gasteiger partial charge in [-0.15, -0.1) is 0 Å². The monoisotopic (exact) mass is 343 g/mol. The van der Waals surface area contributed by atoms with Gasteiger partial charge in [0.1, 0.15) is 0 Å². The molecule has 0 spiro atoms. The Labute approximate surface area is 143 Å². The van der Waals surface area contributed by atoms with E-state index in [0.29, 0.717) is 6.54 Å². The number of carbonyl (C=O) groups excluding carboxylic acids is 1. The fourth-order valence-corrected chi connectivity index (χ4v) is 2.61. The Morgan fingerprint density at radius 1 is 0.875 bits per heavy atom.